The summed E-state index contributed by atoms with van der Waals surface area (Å²) in [5, 5.41) is 13.0. The average Bonchev–Trinajstić information content (AvgIpc) is 1.85. The van der Waals surface area contributed by atoms with Crippen LogP contribution in [0.2, 0.25) is 0 Å². The predicted octanol–water partition coefficient (Wildman–Crippen LogP) is 1.70. The lowest BCUT2D eigenvalue weighted by molar-refractivity contribution is 0.0539. The van der Waals surface area contributed by atoms with Crippen LogP contribution in [0.1, 0.15) is 33.6 Å². The van der Waals surface area contributed by atoms with E-state index in [2.05, 4.69) is 25.7 Å². The van der Waals surface area contributed by atoms with Crippen molar-refractivity contribution in [3.8, 4) is 0 Å². The molecule has 0 aliphatic rings. The smallest absolute Gasteiger partial charge is 0.0666 e. The van der Waals surface area contributed by atoms with Crippen molar-refractivity contribution in [3.05, 3.63) is 12.7 Å². The van der Waals surface area contributed by atoms with Gasteiger partial charge in [0.1, 0.15) is 0 Å². The van der Waals surface area contributed by atoms with Gasteiger partial charge in [0, 0.05) is 6.04 Å². The monoisotopic (exact) mass is 171 g/mol. The van der Waals surface area contributed by atoms with E-state index < -0.39 is 5.60 Å². The van der Waals surface area contributed by atoms with E-state index in [-0.39, 0.29) is 0 Å². The van der Waals surface area contributed by atoms with Gasteiger partial charge in [0.25, 0.3) is 0 Å². The van der Waals surface area contributed by atoms with E-state index >= 15 is 0 Å². The zero-order valence-electron chi connectivity index (χ0n) is 8.43. The Labute approximate surface area is 75.7 Å². The standard InChI is InChI=1S/C10H21NO/c1-5-6-10(4,12)7-8-11-9(2)3/h5,9,11-12H,1,6-8H2,2-4H3. The summed E-state index contributed by atoms with van der Waals surface area (Å²) in [5.41, 5.74) is -0.594. The highest BCUT2D eigenvalue weighted by Crippen LogP contribution is 2.13. The normalized spacial score (nSPS) is 16.1. The van der Waals surface area contributed by atoms with Gasteiger partial charge < -0.3 is 10.4 Å². The second-order valence-electron chi connectivity index (χ2n) is 3.85. The Morgan fingerprint density at radius 3 is 2.58 bits per heavy atom. The topological polar surface area (TPSA) is 32.3 Å². The summed E-state index contributed by atoms with van der Waals surface area (Å²) in [6.45, 7) is 10.5. The summed E-state index contributed by atoms with van der Waals surface area (Å²) in [6.07, 6.45) is 3.19. The van der Waals surface area contributed by atoms with Crippen LogP contribution in [0.25, 0.3) is 0 Å². The quantitative estimate of drug-likeness (QED) is 0.596. The van der Waals surface area contributed by atoms with Crippen molar-refractivity contribution in [3.63, 3.8) is 0 Å². The molecule has 0 aliphatic carbocycles. The molecule has 0 saturated heterocycles. The van der Waals surface area contributed by atoms with Gasteiger partial charge in [-0.3, -0.25) is 0 Å². The van der Waals surface area contributed by atoms with Crippen LogP contribution in [0.15, 0.2) is 12.7 Å². The second kappa shape index (κ2) is 5.33. The van der Waals surface area contributed by atoms with Crippen molar-refractivity contribution < 1.29 is 5.11 Å². The molecule has 12 heavy (non-hydrogen) atoms. The first-order valence-electron chi connectivity index (χ1n) is 4.54. The molecular weight excluding hydrogens is 150 g/mol. The maximum atomic E-state index is 9.72. The molecule has 2 N–H and O–H groups in total. The van der Waals surface area contributed by atoms with Crippen molar-refractivity contribution >= 4 is 0 Å². The summed E-state index contributed by atoms with van der Waals surface area (Å²) < 4.78 is 0. The van der Waals surface area contributed by atoms with E-state index in [1.807, 2.05) is 6.92 Å². The molecule has 1 atom stereocenters. The van der Waals surface area contributed by atoms with Gasteiger partial charge in [-0.2, -0.15) is 0 Å². The molecular formula is C10H21NO. The van der Waals surface area contributed by atoms with E-state index in [4.69, 9.17) is 0 Å². The Bertz CT molecular complexity index is 130. The van der Waals surface area contributed by atoms with Crippen molar-refractivity contribution in [2.24, 2.45) is 0 Å². The number of hydrogen-bond donors (Lipinski definition) is 2. The minimum absolute atomic E-state index is 0.490. The highest BCUT2D eigenvalue weighted by atomic mass is 16.3. The highest BCUT2D eigenvalue weighted by molar-refractivity contribution is 4.83. The fraction of sp³-hybridized carbons (Fsp3) is 0.800. The summed E-state index contributed by atoms with van der Waals surface area (Å²) in [7, 11) is 0. The first kappa shape index (κ1) is 11.7. The van der Waals surface area contributed by atoms with E-state index in [0.717, 1.165) is 13.0 Å². The van der Waals surface area contributed by atoms with Crippen molar-refractivity contribution in [2.75, 3.05) is 6.54 Å². The molecule has 0 heterocycles. The molecule has 0 aromatic heterocycles. The van der Waals surface area contributed by atoms with Crippen LogP contribution >= 0.6 is 0 Å². The van der Waals surface area contributed by atoms with E-state index in [1.165, 1.54) is 0 Å². The molecule has 0 aliphatic heterocycles. The van der Waals surface area contributed by atoms with Gasteiger partial charge in [0.2, 0.25) is 0 Å². The van der Waals surface area contributed by atoms with Crippen molar-refractivity contribution in [1.29, 1.82) is 0 Å². The summed E-state index contributed by atoms with van der Waals surface area (Å²) >= 11 is 0. The van der Waals surface area contributed by atoms with Gasteiger partial charge in [-0.15, -0.1) is 6.58 Å². The van der Waals surface area contributed by atoms with Gasteiger partial charge in [0.05, 0.1) is 5.60 Å². The predicted molar refractivity (Wildman–Crippen MR) is 53.2 cm³/mol. The van der Waals surface area contributed by atoms with Crippen LogP contribution < -0.4 is 5.32 Å². The minimum atomic E-state index is -0.594. The van der Waals surface area contributed by atoms with Crippen LogP contribution in [0.5, 0.6) is 0 Å². The first-order chi connectivity index (χ1) is 5.48. The zero-order valence-corrected chi connectivity index (χ0v) is 8.43. The van der Waals surface area contributed by atoms with Crippen LogP contribution in [0.3, 0.4) is 0 Å². The molecule has 0 bridgehead atoms. The van der Waals surface area contributed by atoms with E-state index in [1.54, 1.807) is 6.08 Å². The third-order valence-electron chi connectivity index (χ3n) is 1.80. The summed E-state index contributed by atoms with van der Waals surface area (Å²) in [5.74, 6) is 0. The number of rotatable bonds is 6. The lowest BCUT2D eigenvalue weighted by Gasteiger charge is -2.22. The molecule has 2 nitrogen and oxygen atoms in total. The molecule has 0 spiro atoms. The first-order valence-corrected chi connectivity index (χ1v) is 4.54. The van der Waals surface area contributed by atoms with Gasteiger partial charge in [-0.05, 0) is 26.3 Å². The summed E-state index contributed by atoms with van der Waals surface area (Å²) in [4.78, 5) is 0. The van der Waals surface area contributed by atoms with Gasteiger partial charge in [0.15, 0.2) is 0 Å². The highest BCUT2D eigenvalue weighted by Gasteiger charge is 2.17. The molecule has 1 unspecified atom stereocenters. The Morgan fingerprint density at radius 2 is 2.17 bits per heavy atom. The minimum Gasteiger partial charge on any atom is -0.390 e. The largest absolute Gasteiger partial charge is 0.390 e. The molecule has 72 valence electrons. The van der Waals surface area contributed by atoms with Crippen molar-refractivity contribution in [2.45, 2.75) is 45.3 Å². The Kier molecular flexibility index (Phi) is 5.18. The maximum Gasteiger partial charge on any atom is 0.0666 e. The molecule has 0 saturated carbocycles. The average molecular weight is 171 g/mol. The molecule has 0 aromatic rings. The lowest BCUT2D eigenvalue weighted by Crippen LogP contribution is -2.32. The fourth-order valence-electron chi connectivity index (χ4n) is 1.04. The second-order valence-corrected chi connectivity index (χ2v) is 3.85. The third kappa shape index (κ3) is 6.38. The van der Waals surface area contributed by atoms with Gasteiger partial charge in [-0.1, -0.05) is 19.9 Å². The summed E-state index contributed by atoms with van der Waals surface area (Å²) in [6, 6.07) is 0.490. The molecule has 0 fully saturated rings. The molecule has 0 radical (unpaired) electrons. The van der Waals surface area contributed by atoms with Crippen LogP contribution in [-0.2, 0) is 0 Å². The van der Waals surface area contributed by atoms with Crippen LogP contribution in [0.4, 0.5) is 0 Å². The van der Waals surface area contributed by atoms with Crippen LogP contribution in [0, 0.1) is 0 Å². The third-order valence-corrected chi connectivity index (χ3v) is 1.80. The zero-order chi connectivity index (χ0) is 9.61. The Hall–Kier alpha value is -0.340. The molecule has 0 aromatic carbocycles. The van der Waals surface area contributed by atoms with E-state index in [0.29, 0.717) is 12.5 Å². The van der Waals surface area contributed by atoms with Crippen LogP contribution in [-0.4, -0.2) is 23.3 Å². The van der Waals surface area contributed by atoms with Gasteiger partial charge in [-0.25, -0.2) is 0 Å². The Balaban J connectivity index is 3.53. The van der Waals surface area contributed by atoms with E-state index in [9.17, 15) is 5.11 Å². The number of aliphatic hydroxyl groups is 1. The van der Waals surface area contributed by atoms with Crippen molar-refractivity contribution in [1.82, 2.24) is 5.32 Å². The molecule has 0 amide bonds. The Morgan fingerprint density at radius 1 is 1.58 bits per heavy atom. The number of nitrogens with one attached hydrogen (secondary N) is 1. The maximum absolute atomic E-state index is 9.72. The SMILES string of the molecule is C=CCC(C)(O)CCNC(C)C. The molecule has 2 heteroatoms. The fourth-order valence-corrected chi connectivity index (χ4v) is 1.04. The lowest BCUT2D eigenvalue weighted by atomic mass is 9.98. The number of hydrogen-bond acceptors (Lipinski definition) is 2. The van der Waals surface area contributed by atoms with Gasteiger partial charge >= 0.3 is 0 Å². The molecule has 0 rings (SSSR count).